The molecule has 1 saturated heterocycles. The zero-order chi connectivity index (χ0) is 19.9. The number of carbonyl (C=O) groups excluding carboxylic acids is 1. The van der Waals surface area contributed by atoms with Crippen molar-refractivity contribution in [3.05, 3.63) is 72.4 Å². The SMILES string of the molecule is O=C(NCc1ccc(-n2ccnc2)cc1)Nc1cccc(CN2CCOCC2)n1. The van der Waals surface area contributed by atoms with E-state index in [0.717, 1.165) is 49.8 Å². The Morgan fingerprint density at radius 3 is 2.69 bits per heavy atom. The average Bonchev–Trinajstić information content (AvgIpc) is 3.29. The smallest absolute Gasteiger partial charge is 0.320 e. The predicted octanol–water partition coefficient (Wildman–Crippen LogP) is 2.42. The number of urea groups is 1. The first kappa shape index (κ1) is 19.1. The van der Waals surface area contributed by atoms with Crippen molar-refractivity contribution in [3.8, 4) is 5.69 Å². The number of anilines is 1. The van der Waals surface area contributed by atoms with Crippen LogP contribution in [-0.2, 0) is 17.8 Å². The lowest BCUT2D eigenvalue weighted by molar-refractivity contribution is 0.0337. The molecular weight excluding hydrogens is 368 g/mol. The van der Waals surface area contributed by atoms with E-state index in [0.29, 0.717) is 12.4 Å². The number of benzene rings is 1. The molecule has 1 fully saturated rings. The highest BCUT2D eigenvalue weighted by molar-refractivity contribution is 5.88. The Balaban J connectivity index is 1.27. The monoisotopic (exact) mass is 392 g/mol. The number of morpholine rings is 1. The Labute approximate surface area is 169 Å². The second-order valence-electron chi connectivity index (χ2n) is 6.85. The van der Waals surface area contributed by atoms with E-state index in [1.54, 1.807) is 18.6 Å². The van der Waals surface area contributed by atoms with Crippen molar-refractivity contribution in [2.45, 2.75) is 13.1 Å². The maximum Gasteiger partial charge on any atom is 0.320 e. The van der Waals surface area contributed by atoms with Gasteiger partial charge in [-0.1, -0.05) is 18.2 Å². The Morgan fingerprint density at radius 1 is 1.10 bits per heavy atom. The lowest BCUT2D eigenvalue weighted by Gasteiger charge is -2.26. The number of nitrogens with zero attached hydrogens (tertiary/aromatic N) is 4. The van der Waals surface area contributed by atoms with Gasteiger partial charge in [-0.05, 0) is 29.8 Å². The molecule has 0 unspecified atom stereocenters. The van der Waals surface area contributed by atoms with Crippen molar-refractivity contribution in [3.63, 3.8) is 0 Å². The van der Waals surface area contributed by atoms with Crippen LogP contribution in [0.15, 0.2) is 61.2 Å². The molecular formula is C21H24N6O2. The molecule has 1 aliphatic rings. The van der Waals surface area contributed by atoms with Crippen molar-refractivity contribution >= 4 is 11.8 Å². The predicted molar refractivity (Wildman–Crippen MR) is 110 cm³/mol. The highest BCUT2D eigenvalue weighted by Crippen LogP contribution is 2.11. The van der Waals surface area contributed by atoms with Gasteiger partial charge in [-0.25, -0.2) is 14.8 Å². The molecule has 0 saturated carbocycles. The molecule has 8 nitrogen and oxygen atoms in total. The van der Waals surface area contributed by atoms with Crippen LogP contribution in [-0.4, -0.2) is 51.8 Å². The van der Waals surface area contributed by atoms with Crippen LogP contribution in [0, 0.1) is 0 Å². The maximum atomic E-state index is 12.2. The number of hydrogen-bond donors (Lipinski definition) is 2. The van der Waals surface area contributed by atoms with Crippen LogP contribution in [0.1, 0.15) is 11.3 Å². The second kappa shape index (κ2) is 9.31. The van der Waals surface area contributed by atoms with Gasteiger partial charge in [0.15, 0.2) is 0 Å². The minimum absolute atomic E-state index is 0.278. The first-order valence-corrected chi connectivity index (χ1v) is 9.64. The van der Waals surface area contributed by atoms with E-state index >= 15 is 0 Å². The third kappa shape index (κ3) is 5.40. The Morgan fingerprint density at radius 2 is 1.93 bits per heavy atom. The third-order valence-corrected chi connectivity index (χ3v) is 4.73. The largest absolute Gasteiger partial charge is 0.379 e. The maximum absolute atomic E-state index is 12.2. The normalized spacial score (nSPS) is 14.5. The lowest BCUT2D eigenvalue weighted by Crippen LogP contribution is -2.36. The van der Waals surface area contributed by atoms with Gasteiger partial charge in [-0.15, -0.1) is 0 Å². The Hall–Kier alpha value is -3.23. The summed E-state index contributed by atoms with van der Waals surface area (Å²) in [7, 11) is 0. The van der Waals surface area contributed by atoms with E-state index < -0.39 is 0 Å². The van der Waals surface area contributed by atoms with Crippen LogP contribution in [0.5, 0.6) is 0 Å². The number of carbonyl (C=O) groups is 1. The molecule has 150 valence electrons. The van der Waals surface area contributed by atoms with Gasteiger partial charge in [0, 0.05) is 44.3 Å². The molecule has 0 aliphatic carbocycles. The van der Waals surface area contributed by atoms with Crippen LogP contribution < -0.4 is 10.6 Å². The van der Waals surface area contributed by atoms with E-state index in [1.165, 1.54) is 0 Å². The van der Waals surface area contributed by atoms with Crippen LogP contribution >= 0.6 is 0 Å². The molecule has 4 rings (SSSR count). The number of ether oxygens (including phenoxy) is 1. The molecule has 0 bridgehead atoms. The number of nitrogens with one attached hydrogen (secondary N) is 2. The van der Waals surface area contributed by atoms with Crippen molar-refractivity contribution < 1.29 is 9.53 Å². The molecule has 2 aromatic heterocycles. The summed E-state index contributed by atoms with van der Waals surface area (Å²) in [6.45, 7) is 4.50. The minimum Gasteiger partial charge on any atom is -0.379 e. The molecule has 2 N–H and O–H groups in total. The van der Waals surface area contributed by atoms with Gasteiger partial charge in [0.2, 0.25) is 0 Å². The molecule has 0 atom stereocenters. The van der Waals surface area contributed by atoms with Gasteiger partial charge < -0.3 is 14.6 Å². The molecule has 1 aromatic carbocycles. The summed E-state index contributed by atoms with van der Waals surface area (Å²) in [5.74, 6) is 0.545. The summed E-state index contributed by atoms with van der Waals surface area (Å²) in [6.07, 6.45) is 5.38. The first-order valence-electron chi connectivity index (χ1n) is 9.64. The van der Waals surface area contributed by atoms with Gasteiger partial charge in [0.1, 0.15) is 5.82 Å². The van der Waals surface area contributed by atoms with Gasteiger partial charge >= 0.3 is 6.03 Å². The zero-order valence-corrected chi connectivity index (χ0v) is 16.1. The number of pyridine rings is 1. The van der Waals surface area contributed by atoms with E-state index in [2.05, 4.69) is 25.5 Å². The Bertz CT molecular complexity index is 921. The number of rotatable bonds is 6. The third-order valence-electron chi connectivity index (χ3n) is 4.73. The standard InChI is InChI=1S/C21H24N6O2/c28-21(23-14-17-4-6-19(7-5-17)27-9-8-22-16-27)25-20-3-1-2-18(24-20)15-26-10-12-29-13-11-26/h1-9,16H,10-15H2,(H2,23,24,25,28). The molecule has 0 radical (unpaired) electrons. The molecule has 2 amide bonds. The van der Waals surface area contributed by atoms with Gasteiger partial charge in [0.05, 0.1) is 25.2 Å². The van der Waals surface area contributed by atoms with Crippen molar-refractivity contribution in [1.29, 1.82) is 0 Å². The van der Waals surface area contributed by atoms with E-state index in [-0.39, 0.29) is 6.03 Å². The summed E-state index contributed by atoms with van der Waals surface area (Å²) in [5.41, 5.74) is 2.97. The number of amides is 2. The second-order valence-corrected chi connectivity index (χ2v) is 6.85. The molecule has 1 aliphatic heterocycles. The molecule has 3 heterocycles. The quantitative estimate of drug-likeness (QED) is 0.673. The van der Waals surface area contributed by atoms with Crippen molar-refractivity contribution in [2.75, 3.05) is 31.6 Å². The van der Waals surface area contributed by atoms with Gasteiger partial charge in [-0.3, -0.25) is 10.2 Å². The van der Waals surface area contributed by atoms with E-state index in [4.69, 9.17) is 4.74 Å². The van der Waals surface area contributed by atoms with Gasteiger partial charge in [0.25, 0.3) is 0 Å². The Kier molecular flexibility index (Phi) is 6.13. The number of aromatic nitrogens is 3. The van der Waals surface area contributed by atoms with Crippen LogP contribution in [0.25, 0.3) is 5.69 Å². The summed E-state index contributed by atoms with van der Waals surface area (Å²) in [6, 6.07) is 13.4. The topological polar surface area (TPSA) is 84.3 Å². The average molecular weight is 392 g/mol. The summed E-state index contributed by atoms with van der Waals surface area (Å²) < 4.78 is 7.30. The summed E-state index contributed by atoms with van der Waals surface area (Å²) >= 11 is 0. The lowest BCUT2D eigenvalue weighted by atomic mass is 10.2. The highest BCUT2D eigenvalue weighted by Gasteiger charge is 2.12. The first-order chi connectivity index (χ1) is 14.3. The van der Waals surface area contributed by atoms with Crippen molar-refractivity contribution in [2.24, 2.45) is 0 Å². The van der Waals surface area contributed by atoms with Gasteiger partial charge in [-0.2, -0.15) is 0 Å². The highest BCUT2D eigenvalue weighted by atomic mass is 16.5. The fourth-order valence-electron chi connectivity index (χ4n) is 3.17. The van der Waals surface area contributed by atoms with E-state index in [9.17, 15) is 4.79 Å². The molecule has 8 heteroatoms. The van der Waals surface area contributed by atoms with Crippen molar-refractivity contribution in [1.82, 2.24) is 24.8 Å². The molecule has 0 spiro atoms. The minimum atomic E-state index is -0.278. The van der Waals surface area contributed by atoms with E-state index in [1.807, 2.05) is 47.2 Å². The molecule has 29 heavy (non-hydrogen) atoms. The fraction of sp³-hybridized carbons (Fsp3) is 0.286. The fourth-order valence-corrected chi connectivity index (χ4v) is 3.17. The van der Waals surface area contributed by atoms with Crippen LogP contribution in [0.4, 0.5) is 10.6 Å². The van der Waals surface area contributed by atoms with Crippen LogP contribution in [0.3, 0.4) is 0 Å². The summed E-state index contributed by atoms with van der Waals surface area (Å²) in [4.78, 5) is 23.1. The number of imidazole rings is 1. The molecule has 3 aromatic rings. The number of hydrogen-bond acceptors (Lipinski definition) is 5. The van der Waals surface area contributed by atoms with Crippen LogP contribution in [0.2, 0.25) is 0 Å². The summed E-state index contributed by atoms with van der Waals surface area (Å²) in [5, 5.41) is 5.67. The zero-order valence-electron chi connectivity index (χ0n) is 16.1.